The summed E-state index contributed by atoms with van der Waals surface area (Å²) in [7, 11) is 0. The zero-order valence-corrected chi connectivity index (χ0v) is 13.3. The molecule has 0 saturated carbocycles. The topological polar surface area (TPSA) is 54.9 Å². The molecule has 1 N–H and O–H groups in total. The van der Waals surface area contributed by atoms with Gasteiger partial charge in [0.2, 0.25) is 5.91 Å². The van der Waals surface area contributed by atoms with Crippen molar-refractivity contribution in [3.63, 3.8) is 0 Å². The molecule has 0 spiro atoms. The summed E-state index contributed by atoms with van der Waals surface area (Å²) < 4.78 is 1.20. The van der Waals surface area contributed by atoms with Gasteiger partial charge in [-0.2, -0.15) is 0 Å². The number of anilines is 1. The van der Waals surface area contributed by atoms with E-state index in [1.54, 1.807) is 11.3 Å². The second kappa shape index (κ2) is 6.32. The summed E-state index contributed by atoms with van der Waals surface area (Å²) in [5.74, 6) is 0.0189. The molecule has 0 radical (unpaired) electrons. The molecule has 1 amide bonds. The van der Waals surface area contributed by atoms with Crippen LogP contribution in [0.5, 0.6) is 0 Å². The molecule has 0 fully saturated rings. The molecule has 2 aromatic heterocycles. The molecule has 0 atom stereocenters. The number of rotatable bonds is 5. The number of hydrogen-bond acceptors (Lipinski definition) is 5. The minimum Gasteiger partial charge on any atom is -0.302 e. The second-order valence-corrected chi connectivity index (χ2v) is 6.74. The van der Waals surface area contributed by atoms with Gasteiger partial charge < -0.3 is 5.32 Å². The van der Waals surface area contributed by atoms with Gasteiger partial charge in [0.1, 0.15) is 0 Å². The number of carbonyl (C=O) groups is 1. The Hall–Kier alpha value is -1.79. The minimum atomic E-state index is 0.0189. The number of para-hydroxylation sites is 1. The van der Waals surface area contributed by atoms with Crippen molar-refractivity contribution < 1.29 is 4.79 Å². The Morgan fingerprint density at radius 3 is 2.90 bits per heavy atom. The Kier molecular flexibility index (Phi) is 4.26. The maximum absolute atomic E-state index is 11.8. The van der Waals surface area contributed by atoms with Crippen LogP contribution in [0.1, 0.15) is 23.5 Å². The lowest BCUT2D eigenvalue weighted by molar-refractivity contribution is -0.116. The van der Waals surface area contributed by atoms with Crippen molar-refractivity contribution in [2.75, 3.05) is 5.32 Å². The van der Waals surface area contributed by atoms with Gasteiger partial charge in [-0.1, -0.05) is 12.1 Å². The normalized spacial score (nSPS) is 10.9. The molecule has 0 saturated heterocycles. The van der Waals surface area contributed by atoms with Gasteiger partial charge in [0.05, 0.1) is 20.9 Å². The summed E-state index contributed by atoms with van der Waals surface area (Å²) in [6.07, 6.45) is 2.13. The second-order valence-electron chi connectivity index (χ2n) is 4.77. The van der Waals surface area contributed by atoms with Crippen LogP contribution in [-0.2, 0) is 11.2 Å². The molecular weight excluding hydrogens is 302 g/mol. The maximum atomic E-state index is 11.8. The molecule has 2 heterocycles. The van der Waals surface area contributed by atoms with E-state index in [1.807, 2.05) is 30.5 Å². The summed E-state index contributed by atoms with van der Waals surface area (Å²) in [4.78, 5) is 20.6. The van der Waals surface area contributed by atoms with Crippen molar-refractivity contribution in [1.82, 2.24) is 9.97 Å². The Morgan fingerprint density at radius 2 is 2.14 bits per heavy atom. The number of carbonyl (C=O) groups excluding carboxylic acids is 1. The molecular formula is C15H15N3OS2. The van der Waals surface area contributed by atoms with E-state index in [0.717, 1.165) is 29.1 Å². The molecule has 0 aliphatic heterocycles. The fourth-order valence-corrected chi connectivity index (χ4v) is 3.73. The van der Waals surface area contributed by atoms with Crippen molar-refractivity contribution >= 4 is 43.9 Å². The molecule has 3 aromatic rings. The number of aromatic nitrogens is 2. The molecule has 0 aliphatic carbocycles. The highest BCUT2D eigenvalue weighted by atomic mass is 32.1. The Morgan fingerprint density at radius 1 is 1.29 bits per heavy atom. The maximum Gasteiger partial charge on any atom is 0.226 e. The van der Waals surface area contributed by atoms with Crippen LogP contribution in [0.4, 0.5) is 5.13 Å². The van der Waals surface area contributed by atoms with Crippen LogP contribution < -0.4 is 5.32 Å². The zero-order valence-electron chi connectivity index (χ0n) is 11.6. The van der Waals surface area contributed by atoms with Gasteiger partial charge in [-0.15, -0.1) is 22.7 Å². The first kappa shape index (κ1) is 14.2. The van der Waals surface area contributed by atoms with Crippen LogP contribution in [0.15, 0.2) is 29.6 Å². The van der Waals surface area contributed by atoms with E-state index in [2.05, 4.69) is 21.4 Å². The summed E-state index contributed by atoms with van der Waals surface area (Å²) in [6, 6.07) is 8.11. The van der Waals surface area contributed by atoms with E-state index in [1.165, 1.54) is 16.0 Å². The number of hydrogen-bond donors (Lipinski definition) is 1. The summed E-state index contributed by atoms with van der Waals surface area (Å²) >= 11 is 3.16. The van der Waals surface area contributed by atoms with Gasteiger partial charge in [0.15, 0.2) is 5.13 Å². The number of fused-ring (bicyclic) bond motifs is 1. The molecule has 108 valence electrons. The third-order valence-corrected chi connectivity index (χ3v) is 4.97. The number of nitrogens with one attached hydrogen (secondary N) is 1. The van der Waals surface area contributed by atoms with E-state index in [0.29, 0.717) is 11.6 Å². The first-order chi connectivity index (χ1) is 10.2. The van der Waals surface area contributed by atoms with E-state index in [-0.39, 0.29) is 5.91 Å². The predicted molar refractivity (Wildman–Crippen MR) is 88.0 cm³/mol. The highest BCUT2D eigenvalue weighted by molar-refractivity contribution is 7.18. The third kappa shape index (κ3) is 3.65. The molecule has 0 unspecified atom stereocenters. The molecule has 4 nitrogen and oxygen atoms in total. The quantitative estimate of drug-likeness (QED) is 0.773. The van der Waals surface area contributed by atoms with Crippen molar-refractivity contribution in [3.05, 3.63) is 40.3 Å². The molecule has 6 heteroatoms. The number of benzene rings is 1. The van der Waals surface area contributed by atoms with Gasteiger partial charge in [-0.3, -0.25) is 4.79 Å². The van der Waals surface area contributed by atoms with E-state index < -0.39 is 0 Å². The average Bonchev–Trinajstić information content (AvgIpc) is 3.04. The standard InChI is InChI=1S/C15H15N3OS2/c1-10-9-20-15(16-10)18-13(19)7-4-8-14-17-11-5-2-3-6-12(11)21-14/h2-3,5-6,9H,4,7-8H2,1H3,(H,16,18,19). The molecule has 0 aliphatic rings. The largest absolute Gasteiger partial charge is 0.302 e. The van der Waals surface area contributed by atoms with Crippen LogP contribution in [0.3, 0.4) is 0 Å². The smallest absolute Gasteiger partial charge is 0.226 e. The van der Waals surface area contributed by atoms with E-state index in [9.17, 15) is 4.79 Å². The Labute approximate surface area is 130 Å². The SMILES string of the molecule is Cc1csc(NC(=O)CCCc2nc3ccccc3s2)n1. The summed E-state index contributed by atoms with van der Waals surface area (Å²) in [5, 5.41) is 6.52. The highest BCUT2D eigenvalue weighted by Gasteiger charge is 2.07. The Balaban J connectivity index is 1.50. The fourth-order valence-electron chi connectivity index (χ4n) is 2.02. The van der Waals surface area contributed by atoms with Crippen molar-refractivity contribution in [1.29, 1.82) is 0 Å². The third-order valence-electron chi connectivity index (χ3n) is 3.00. The average molecular weight is 317 g/mol. The minimum absolute atomic E-state index is 0.0189. The van der Waals surface area contributed by atoms with Crippen molar-refractivity contribution in [2.24, 2.45) is 0 Å². The predicted octanol–water partition coefficient (Wildman–Crippen LogP) is 4.02. The lowest BCUT2D eigenvalue weighted by Gasteiger charge is -2.00. The fraction of sp³-hybridized carbons (Fsp3) is 0.267. The van der Waals surface area contributed by atoms with Crippen molar-refractivity contribution in [3.8, 4) is 0 Å². The summed E-state index contributed by atoms with van der Waals surface area (Å²) in [5.41, 5.74) is 1.98. The zero-order chi connectivity index (χ0) is 14.7. The van der Waals surface area contributed by atoms with Gasteiger partial charge in [0, 0.05) is 11.8 Å². The number of aryl methyl sites for hydroxylation is 2. The van der Waals surface area contributed by atoms with Gasteiger partial charge in [-0.25, -0.2) is 9.97 Å². The van der Waals surface area contributed by atoms with E-state index >= 15 is 0 Å². The number of nitrogens with zero attached hydrogens (tertiary/aromatic N) is 2. The molecule has 1 aromatic carbocycles. The lowest BCUT2D eigenvalue weighted by atomic mass is 10.2. The van der Waals surface area contributed by atoms with Crippen LogP contribution in [0.25, 0.3) is 10.2 Å². The monoisotopic (exact) mass is 317 g/mol. The van der Waals surface area contributed by atoms with Gasteiger partial charge in [-0.05, 0) is 31.9 Å². The van der Waals surface area contributed by atoms with Crippen LogP contribution in [0, 0.1) is 6.92 Å². The number of amides is 1. The molecule has 21 heavy (non-hydrogen) atoms. The number of thiazole rings is 2. The highest BCUT2D eigenvalue weighted by Crippen LogP contribution is 2.23. The first-order valence-corrected chi connectivity index (χ1v) is 8.47. The van der Waals surface area contributed by atoms with Gasteiger partial charge in [0.25, 0.3) is 0 Å². The van der Waals surface area contributed by atoms with E-state index in [4.69, 9.17) is 0 Å². The van der Waals surface area contributed by atoms with Gasteiger partial charge >= 0.3 is 0 Å². The summed E-state index contributed by atoms with van der Waals surface area (Å²) in [6.45, 7) is 1.92. The first-order valence-electron chi connectivity index (χ1n) is 6.77. The van der Waals surface area contributed by atoms with Crippen LogP contribution in [-0.4, -0.2) is 15.9 Å². The van der Waals surface area contributed by atoms with Crippen molar-refractivity contribution in [2.45, 2.75) is 26.2 Å². The van der Waals surface area contributed by atoms with Crippen LogP contribution >= 0.6 is 22.7 Å². The lowest BCUT2D eigenvalue weighted by Crippen LogP contribution is -2.11. The molecule has 0 bridgehead atoms. The Bertz CT molecular complexity index is 730. The molecule has 3 rings (SSSR count). The van der Waals surface area contributed by atoms with Crippen LogP contribution in [0.2, 0.25) is 0 Å².